The van der Waals surface area contributed by atoms with Crippen LogP contribution in [0.25, 0.3) is 21.8 Å². The maximum Gasteiger partial charge on any atom is 0.124 e. The molecule has 0 aliphatic heterocycles. The third-order valence-electron chi connectivity index (χ3n) is 5.30. The summed E-state index contributed by atoms with van der Waals surface area (Å²) < 4.78 is 0. The van der Waals surface area contributed by atoms with Gasteiger partial charge >= 0.3 is 0 Å². The molecule has 6 nitrogen and oxygen atoms in total. The Bertz CT molecular complexity index is 1500. The molecular formula is C26H21N5O. The third-order valence-corrected chi connectivity index (χ3v) is 5.30. The number of phenolic OH excluding ortho intramolecular Hbond substituents is 1. The fraction of sp³-hybridized carbons (Fsp3) is 0.0385. The molecule has 156 valence electrons. The van der Waals surface area contributed by atoms with Crippen LogP contribution in [0.15, 0.2) is 94.3 Å². The molecule has 0 atom stereocenters. The Morgan fingerprint density at radius 1 is 0.781 bits per heavy atom. The number of H-pyrrole nitrogens is 2. The summed E-state index contributed by atoms with van der Waals surface area (Å²) in [5.41, 5.74) is 6.05. The topological polar surface area (TPSA) is 88.9 Å². The van der Waals surface area contributed by atoms with E-state index in [0.29, 0.717) is 11.3 Å². The second-order valence-electron chi connectivity index (χ2n) is 7.54. The number of nitrogens with zero attached hydrogens (tertiary/aromatic N) is 3. The molecule has 0 spiro atoms. The number of hydrogen-bond donors (Lipinski definition) is 3. The lowest BCUT2D eigenvalue weighted by molar-refractivity contribution is 0.474. The number of benzene rings is 3. The fourth-order valence-electron chi connectivity index (χ4n) is 3.58. The van der Waals surface area contributed by atoms with Crippen LogP contribution < -0.4 is 0 Å². The Kier molecular flexibility index (Phi) is 5.09. The highest BCUT2D eigenvalue weighted by Crippen LogP contribution is 2.24. The van der Waals surface area contributed by atoms with Crippen LogP contribution in [0.4, 0.5) is 5.69 Å². The lowest BCUT2D eigenvalue weighted by Crippen LogP contribution is -1.94. The number of fused-ring (bicyclic) bond motifs is 2. The van der Waals surface area contributed by atoms with Gasteiger partial charge in [-0.25, -0.2) is 0 Å². The molecule has 2 heterocycles. The van der Waals surface area contributed by atoms with Gasteiger partial charge in [-0.2, -0.15) is 10.2 Å². The molecule has 0 radical (unpaired) electrons. The molecule has 0 unspecified atom stereocenters. The Labute approximate surface area is 184 Å². The van der Waals surface area contributed by atoms with Crippen molar-refractivity contribution in [3.05, 3.63) is 95.8 Å². The molecular weight excluding hydrogens is 398 g/mol. The molecule has 0 saturated carbocycles. The fourth-order valence-corrected chi connectivity index (χ4v) is 3.58. The Morgan fingerprint density at radius 2 is 1.44 bits per heavy atom. The van der Waals surface area contributed by atoms with Crippen molar-refractivity contribution in [2.24, 2.45) is 15.2 Å². The summed E-state index contributed by atoms with van der Waals surface area (Å²) in [6.45, 7) is 1.81. The van der Waals surface area contributed by atoms with E-state index in [4.69, 9.17) is 0 Å². The zero-order valence-corrected chi connectivity index (χ0v) is 17.4. The summed E-state index contributed by atoms with van der Waals surface area (Å²) >= 11 is 0. The van der Waals surface area contributed by atoms with Crippen molar-refractivity contribution in [2.45, 2.75) is 6.92 Å². The number of aliphatic imine (C=N–C) groups is 1. The number of hydrogen-bond acceptors (Lipinski definition) is 4. The summed E-state index contributed by atoms with van der Waals surface area (Å²) in [6, 6.07) is 21.4. The van der Waals surface area contributed by atoms with Crippen LogP contribution in [-0.4, -0.2) is 33.2 Å². The van der Waals surface area contributed by atoms with Crippen LogP contribution >= 0.6 is 0 Å². The number of aromatic amines is 2. The average molecular weight is 419 g/mol. The standard InChI is InChI=1S/C26H21N5O/c1-17(31-30-16-19-3-6-25-21(13-19)9-11-28-25)23-14-22(4-7-26(23)32)29-15-18-2-5-24-20(12-18)8-10-27-24/h2-16,27-28,32H,1H3/b29-15?,30-16+,31-17+. The Morgan fingerprint density at radius 3 is 2.12 bits per heavy atom. The van der Waals surface area contributed by atoms with E-state index in [1.54, 1.807) is 24.4 Å². The van der Waals surface area contributed by atoms with Crippen molar-refractivity contribution in [3.63, 3.8) is 0 Å². The lowest BCUT2D eigenvalue weighted by Gasteiger charge is -2.04. The molecule has 0 aliphatic carbocycles. The minimum Gasteiger partial charge on any atom is -0.507 e. The highest BCUT2D eigenvalue weighted by atomic mass is 16.3. The van der Waals surface area contributed by atoms with Crippen molar-refractivity contribution < 1.29 is 5.11 Å². The monoisotopic (exact) mass is 419 g/mol. The second-order valence-corrected chi connectivity index (χ2v) is 7.54. The van der Waals surface area contributed by atoms with E-state index in [1.165, 1.54) is 0 Å². The molecule has 0 saturated heterocycles. The third kappa shape index (κ3) is 4.06. The molecule has 0 fully saturated rings. The molecule has 3 N–H and O–H groups in total. The summed E-state index contributed by atoms with van der Waals surface area (Å²) in [6.07, 6.45) is 7.34. The van der Waals surface area contributed by atoms with Gasteiger partial charge in [0.2, 0.25) is 0 Å². The molecule has 5 aromatic rings. The Balaban J connectivity index is 1.35. The summed E-state index contributed by atoms with van der Waals surface area (Å²) in [7, 11) is 0. The normalized spacial score (nSPS) is 12.6. The average Bonchev–Trinajstić information content (AvgIpc) is 3.47. The van der Waals surface area contributed by atoms with E-state index >= 15 is 0 Å². The molecule has 0 amide bonds. The first-order chi connectivity index (χ1) is 15.7. The first-order valence-corrected chi connectivity index (χ1v) is 10.3. The lowest BCUT2D eigenvalue weighted by atomic mass is 10.1. The maximum atomic E-state index is 10.3. The van der Waals surface area contributed by atoms with Gasteiger partial charge in [0.05, 0.1) is 17.6 Å². The van der Waals surface area contributed by atoms with Crippen LogP contribution in [0.3, 0.4) is 0 Å². The van der Waals surface area contributed by atoms with Crippen molar-refractivity contribution in [3.8, 4) is 5.75 Å². The zero-order valence-electron chi connectivity index (χ0n) is 17.4. The van der Waals surface area contributed by atoms with Gasteiger partial charge in [0.25, 0.3) is 0 Å². The van der Waals surface area contributed by atoms with E-state index in [0.717, 1.165) is 38.6 Å². The second kappa shape index (κ2) is 8.35. The van der Waals surface area contributed by atoms with Gasteiger partial charge in [0, 0.05) is 35.2 Å². The van der Waals surface area contributed by atoms with Crippen LogP contribution in [0.5, 0.6) is 5.75 Å². The predicted molar refractivity (Wildman–Crippen MR) is 132 cm³/mol. The number of aromatic hydroxyl groups is 1. The van der Waals surface area contributed by atoms with Gasteiger partial charge < -0.3 is 15.1 Å². The van der Waals surface area contributed by atoms with E-state index in [-0.39, 0.29) is 5.75 Å². The molecule has 2 aromatic heterocycles. The number of phenols is 1. The van der Waals surface area contributed by atoms with Crippen molar-refractivity contribution in [2.75, 3.05) is 0 Å². The maximum absolute atomic E-state index is 10.3. The number of aromatic nitrogens is 2. The van der Waals surface area contributed by atoms with Gasteiger partial charge in [-0.15, -0.1) is 0 Å². The molecule has 0 bridgehead atoms. The summed E-state index contributed by atoms with van der Waals surface area (Å²) in [5.74, 6) is 0.142. The molecule has 32 heavy (non-hydrogen) atoms. The quantitative estimate of drug-likeness (QED) is 0.239. The smallest absolute Gasteiger partial charge is 0.124 e. The van der Waals surface area contributed by atoms with E-state index in [2.05, 4.69) is 31.2 Å². The van der Waals surface area contributed by atoms with Crippen LogP contribution in [0, 0.1) is 0 Å². The number of nitrogens with one attached hydrogen (secondary N) is 2. The van der Waals surface area contributed by atoms with Crippen molar-refractivity contribution in [1.82, 2.24) is 9.97 Å². The van der Waals surface area contributed by atoms with Gasteiger partial charge in [-0.05, 0) is 83.4 Å². The van der Waals surface area contributed by atoms with Crippen molar-refractivity contribution >= 4 is 45.6 Å². The zero-order chi connectivity index (χ0) is 21.9. The van der Waals surface area contributed by atoms with Crippen LogP contribution in [0.2, 0.25) is 0 Å². The van der Waals surface area contributed by atoms with Crippen LogP contribution in [-0.2, 0) is 0 Å². The largest absolute Gasteiger partial charge is 0.507 e. The minimum absolute atomic E-state index is 0.142. The highest BCUT2D eigenvalue weighted by molar-refractivity contribution is 6.02. The molecule has 5 rings (SSSR count). The van der Waals surface area contributed by atoms with Crippen LogP contribution in [0.1, 0.15) is 23.6 Å². The molecule has 3 aromatic carbocycles. The SMILES string of the molecule is C/C(=N\N=C\c1ccc2[nH]ccc2c1)c1cc(N=Cc2ccc3[nH]ccc3c2)ccc1O. The first-order valence-electron chi connectivity index (χ1n) is 10.3. The van der Waals surface area contributed by atoms with E-state index in [1.807, 2.05) is 68.0 Å². The minimum atomic E-state index is 0.142. The van der Waals surface area contributed by atoms with Gasteiger partial charge in [0.15, 0.2) is 0 Å². The van der Waals surface area contributed by atoms with Gasteiger partial charge in [-0.1, -0.05) is 12.1 Å². The van der Waals surface area contributed by atoms with Gasteiger partial charge in [-0.3, -0.25) is 4.99 Å². The van der Waals surface area contributed by atoms with Crippen molar-refractivity contribution in [1.29, 1.82) is 0 Å². The summed E-state index contributed by atoms with van der Waals surface area (Å²) in [5, 5.41) is 21.0. The Hall–Kier alpha value is -4.45. The first kappa shape index (κ1) is 19.5. The molecule has 6 heteroatoms. The number of rotatable bonds is 5. The predicted octanol–water partition coefficient (Wildman–Crippen LogP) is 5.95. The highest BCUT2D eigenvalue weighted by Gasteiger charge is 2.06. The van der Waals surface area contributed by atoms with E-state index in [9.17, 15) is 5.11 Å². The summed E-state index contributed by atoms with van der Waals surface area (Å²) in [4.78, 5) is 10.9. The van der Waals surface area contributed by atoms with E-state index < -0.39 is 0 Å². The molecule has 0 aliphatic rings. The van der Waals surface area contributed by atoms with Gasteiger partial charge in [0.1, 0.15) is 5.75 Å².